The predicted molar refractivity (Wildman–Crippen MR) is 114 cm³/mol. The Balaban J connectivity index is 1.85. The van der Waals surface area contributed by atoms with E-state index < -0.39 is 33.4 Å². The number of fused-ring (bicyclic) bond motifs is 3. The molecule has 2 aliphatic heterocycles. The number of hydrogen-bond donors (Lipinski definition) is 3. The van der Waals surface area contributed by atoms with E-state index in [1.807, 2.05) is 0 Å². The molecule has 2 atom stereocenters. The van der Waals surface area contributed by atoms with Crippen molar-refractivity contribution in [2.75, 3.05) is 33.3 Å². The van der Waals surface area contributed by atoms with Crippen LogP contribution in [0.5, 0.6) is 5.75 Å². The molecule has 3 heterocycles. The number of carbonyl (C=O) groups excluding carboxylic acids is 1. The van der Waals surface area contributed by atoms with Crippen molar-refractivity contribution in [3.63, 3.8) is 0 Å². The molecule has 1 saturated heterocycles. The number of H-pyrrole nitrogens is 1. The molecule has 2 fully saturated rings. The van der Waals surface area contributed by atoms with Crippen LogP contribution < -0.4 is 10.7 Å². The highest BCUT2D eigenvalue weighted by Crippen LogP contribution is 2.57. The van der Waals surface area contributed by atoms with Crippen LogP contribution >= 0.6 is 10.7 Å². The highest BCUT2D eigenvalue weighted by Gasteiger charge is 2.46. The third kappa shape index (κ3) is 2.87. The monoisotopic (exact) mass is 433 g/mol. The number of nitrogens with zero attached hydrogens (tertiary/aromatic N) is 1. The van der Waals surface area contributed by atoms with Crippen LogP contribution in [0.4, 0.5) is 4.39 Å². The summed E-state index contributed by atoms with van der Waals surface area (Å²) >= 11 is 0. The summed E-state index contributed by atoms with van der Waals surface area (Å²) in [6.45, 7) is 4.47. The normalized spacial score (nSPS) is 24.4. The first-order valence-corrected chi connectivity index (χ1v) is 11.3. The number of hydrogen-bond acceptors (Lipinski definition) is 6. The van der Waals surface area contributed by atoms with Crippen LogP contribution in [0.3, 0.4) is 0 Å². The van der Waals surface area contributed by atoms with E-state index in [1.54, 1.807) is 7.11 Å². The number of pyridine rings is 1. The van der Waals surface area contributed by atoms with Crippen LogP contribution in [-0.2, 0) is 4.74 Å². The number of benzene rings is 1. The van der Waals surface area contributed by atoms with Gasteiger partial charge in [0.05, 0.1) is 15.8 Å². The summed E-state index contributed by atoms with van der Waals surface area (Å²) in [5, 5.41) is 14.4. The lowest BCUT2D eigenvalue weighted by Crippen LogP contribution is -2.41. The Morgan fingerprint density at radius 2 is 2.03 bits per heavy atom. The van der Waals surface area contributed by atoms with E-state index in [9.17, 15) is 14.7 Å². The van der Waals surface area contributed by atoms with Crippen LogP contribution in [0.1, 0.15) is 41.7 Å². The number of methoxy groups -OCH3 is 1. The van der Waals surface area contributed by atoms with Gasteiger partial charge in [0, 0.05) is 51.7 Å². The molecule has 1 aromatic heterocycles. The van der Waals surface area contributed by atoms with Crippen molar-refractivity contribution in [2.24, 2.45) is 5.92 Å². The lowest BCUT2D eigenvalue weighted by atomic mass is 9.92. The molecule has 30 heavy (non-hydrogen) atoms. The summed E-state index contributed by atoms with van der Waals surface area (Å²) in [6, 6.07) is 1.20. The van der Waals surface area contributed by atoms with E-state index in [0.29, 0.717) is 21.9 Å². The minimum atomic E-state index is -0.724. The first-order valence-electron chi connectivity index (χ1n) is 10.2. The van der Waals surface area contributed by atoms with Gasteiger partial charge in [-0.1, -0.05) is 10.7 Å². The van der Waals surface area contributed by atoms with E-state index >= 15 is 4.39 Å². The second-order valence-corrected chi connectivity index (χ2v) is 9.96. The number of piperazine rings is 1. The summed E-state index contributed by atoms with van der Waals surface area (Å²) in [4.78, 5) is 28.4. The summed E-state index contributed by atoms with van der Waals surface area (Å²) in [7, 11) is 0.943. The summed E-state index contributed by atoms with van der Waals surface area (Å²) in [5.41, 5.74) is 0.295. The van der Waals surface area contributed by atoms with Gasteiger partial charge in [0.25, 0.3) is 0 Å². The molecule has 160 valence electrons. The number of carbonyl (C=O) groups is 1. The highest BCUT2D eigenvalue weighted by atomic mass is 32.2. The van der Waals surface area contributed by atoms with E-state index in [1.165, 1.54) is 13.0 Å². The molecule has 1 saturated carbocycles. The first kappa shape index (κ1) is 19.9. The molecular weight excluding hydrogens is 409 g/mol. The fraction of sp³-hybridized carbons (Fsp3) is 0.476. The molecule has 5 rings (SSSR count). The molecular formula is C21H24FN3O4S. The minimum absolute atomic E-state index is 0.0700. The van der Waals surface area contributed by atoms with Gasteiger partial charge in [0.15, 0.2) is 11.5 Å². The number of aromatic amines is 1. The minimum Gasteiger partial charge on any atom is -0.503 e. The summed E-state index contributed by atoms with van der Waals surface area (Å²) in [5.74, 6) is -1.38. The van der Waals surface area contributed by atoms with Crippen molar-refractivity contribution < 1.29 is 19.0 Å². The van der Waals surface area contributed by atoms with Crippen molar-refractivity contribution in [3.05, 3.63) is 33.4 Å². The average molecular weight is 434 g/mol. The number of ether oxygens (including phenoxy) is 1. The molecule has 7 nitrogen and oxygen atoms in total. The fourth-order valence-electron chi connectivity index (χ4n) is 4.62. The molecule has 3 aliphatic rings. The van der Waals surface area contributed by atoms with Crippen LogP contribution in [0.2, 0.25) is 0 Å². The smallest absolute Gasteiger partial charge is 0.231 e. The Labute approximate surface area is 175 Å². The van der Waals surface area contributed by atoms with Gasteiger partial charge in [-0.25, -0.2) is 8.70 Å². The topological polar surface area (TPSA) is 94.7 Å². The molecule has 1 aliphatic carbocycles. The Hall–Kier alpha value is -2.07. The molecule has 2 aromatic rings. The molecule has 0 bridgehead atoms. The molecule has 0 spiro atoms. The van der Waals surface area contributed by atoms with Gasteiger partial charge in [-0.3, -0.25) is 9.59 Å². The van der Waals surface area contributed by atoms with Crippen molar-refractivity contribution in [1.29, 1.82) is 0 Å². The zero-order valence-corrected chi connectivity index (χ0v) is 17.7. The Morgan fingerprint density at radius 1 is 1.33 bits per heavy atom. The van der Waals surface area contributed by atoms with Crippen LogP contribution in [0.15, 0.2) is 15.8 Å². The Bertz CT molecular complexity index is 1170. The molecule has 9 heteroatoms. The van der Waals surface area contributed by atoms with Crippen molar-refractivity contribution in [3.8, 4) is 5.75 Å². The maximum Gasteiger partial charge on any atom is 0.231 e. The van der Waals surface area contributed by atoms with E-state index in [0.717, 1.165) is 44.1 Å². The van der Waals surface area contributed by atoms with Crippen LogP contribution in [0.25, 0.3) is 10.9 Å². The van der Waals surface area contributed by atoms with Crippen LogP contribution in [-0.4, -0.2) is 58.5 Å². The molecule has 0 amide bonds. The third-order valence-corrected chi connectivity index (χ3v) is 8.63. The standard InChI is InChI=1S/C21H24FN3O4S/c1-10(26)16-19(28)18(27)12-9-13(22)20-15(17(12)24-16)14(11-3-4-11)21(29-2)30(20)25-7-5-23-6-8-25/h9,11,14,23,28H,3-8H2,1-2H3,(H,24,27). The quantitative estimate of drug-likeness (QED) is 0.508. The van der Waals surface area contributed by atoms with Gasteiger partial charge >= 0.3 is 0 Å². The number of ketones is 1. The largest absolute Gasteiger partial charge is 0.503 e. The molecule has 1 aromatic carbocycles. The van der Waals surface area contributed by atoms with Crippen molar-refractivity contribution in [1.82, 2.24) is 14.6 Å². The number of halogens is 1. The van der Waals surface area contributed by atoms with Gasteiger partial charge in [-0.15, -0.1) is 0 Å². The maximum absolute atomic E-state index is 15.6. The van der Waals surface area contributed by atoms with E-state index in [2.05, 4.69) is 14.6 Å². The number of Topliss-reactive ketones (excluding diaryl/α,β-unsaturated/α-hetero) is 1. The zero-order chi connectivity index (χ0) is 21.2. The number of aromatic nitrogens is 1. The van der Waals surface area contributed by atoms with Crippen molar-refractivity contribution in [2.45, 2.75) is 30.6 Å². The zero-order valence-electron chi connectivity index (χ0n) is 16.9. The number of aromatic hydroxyl groups is 1. The van der Waals surface area contributed by atoms with Crippen LogP contribution in [0, 0.1) is 11.7 Å². The fourth-order valence-corrected chi connectivity index (χ4v) is 7.28. The maximum atomic E-state index is 15.6. The Kier molecular flexibility index (Phi) is 4.81. The average Bonchev–Trinajstić information content (AvgIpc) is 3.51. The van der Waals surface area contributed by atoms with Crippen molar-refractivity contribution >= 4 is 32.4 Å². The van der Waals surface area contributed by atoms with Gasteiger partial charge in [-0.2, -0.15) is 0 Å². The Morgan fingerprint density at radius 3 is 2.63 bits per heavy atom. The lowest BCUT2D eigenvalue weighted by molar-refractivity contribution is 0.101. The van der Waals surface area contributed by atoms with Gasteiger partial charge in [-0.05, 0) is 24.8 Å². The number of nitrogens with one attached hydrogen (secondary N) is 2. The first-order chi connectivity index (χ1) is 14.4. The van der Waals surface area contributed by atoms with E-state index in [-0.39, 0.29) is 17.0 Å². The predicted octanol–water partition coefficient (Wildman–Crippen LogP) is 2.31. The van der Waals surface area contributed by atoms with Gasteiger partial charge in [0.2, 0.25) is 5.43 Å². The SMILES string of the molecule is COC1=S(N2CCNCC2)c2c(F)cc3c(=O)c(O)c(C(C)=O)[nH]c3c2C1C1CC1. The van der Waals surface area contributed by atoms with Gasteiger partial charge in [0.1, 0.15) is 16.6 Å². The molecule has 2 unspecified atom stereocenters. The molecule has 0 radical (unpaired) electrons. The highest BCUT2D eigenvalue weighted by molar-refractivity contribution is 8.14. The second-order valence-electron chi connectivity index (χ2n) is 8.06. The number of rotatable bonds is 3. The lowest BCUT2D eigenvalue weighted by Gasteiger charge is -2.30. The van der Waals surface area contributed by atoms with Gasteiger partial charge < -0.3 is 20.1 Å². The summed E-state index contributed by atoms with van der Waals surface area (Å²) < 4.78 is 23.7. The third-order valence-electron chi connectivity index (χ3n) is 6.15. The summed E-state index contributed by atoms with van der Waals surface area (Å²) in [6.07, 6.45) is 2.02. The second kappa shape index (κ2) is 7.26. The van der Waals surface area contributed by atoms with E-state index in [4.69, 9.17) is 4.74 Å². The molecule has 3 N–H and O–H groups in total.